The molecule has 2 atom stereocenters. The number of hydrogen-bond acceptors (Lipinski definition) is 4. The Bertz CT molecular complexity index is 849. The first-order chi connectivity index (χ1) is 12.7. The van der Waals surface area contributed by atoms with E-state index in [2.05, 4.69) is 10.0 Å². The third kappa shape index (κ3) is 6.08. The van der Waals surface area contributed by atoms with E-state index in [1.807, 2.05) is 44.2 Å². The number of sulfonamides is 1. The van der Waals surface area contributed by atoms with Crippen molar-refractivity contribution in [3.8, 4) is 5.75 Å². The molecule has 0 aliphatic carbocycles. The van der Waals surface area contributed by atoms with Crippen molar-refractivity contribution in [2.45, 2.75) is 50.8 Å². The molecule has 2 N–H and O–H groups in total. The molecule has 2 rings (SSSR count). The van der Waals surface area contributed by atoms with Crippen LogP contribution < -0.4 is 14.8 Å². The second-order valence-electron chi connectivity index (χ2n) is 6.65. The second-order valence-corrected chi connectivity index (χ2v) is 8.36. The van der Waals surface area contributed by atoms with E-state index in [0.29, 0.717) is 5.75 Å². The Morgan fingerprint density at radius 1 is 0.926 bits per heavy atom. The van der Waals surface area contributed by atoms with Crippen LogP contribution in [0.4, 0.5) is 0 Å². The highest BCUT2D eigenvalue weighted by Gasteiger charge is 2.19. The molecule has 0 fully saturated rings. The van der Waals surface area contributed by atoms with E-state index >= 15 is 0 Å². The van der Waals surface area contributed by atoms with Crippen molar-refractivity contribution < 1.29 is 17.9 Å². The van der Waals surface area contributed by atoms with Gasteiger partial charge in [0.05, 0.1) is 4.90 Å². The molecule has 0 saturated carbocycles. The minimum atomic E-state index is -3.67. The molecule has 7 heteroatoms. The molecule has 6 nitrogen and oxygen atoms in total. The summed E-state index contributed by atoms with van der Waals surface area (Å²) in [5, 5.41) is 2.77. The molecule has 0 radical (unpaired) electrons. The highest BCUT2D eigenvalue weighted by molar-refractivity contribution is 7.89. The molecule has 0 bridgehead atoms. The minimum absolute atomic E-state index is 0.0220. The van der Waals surface area contributed by atoms with Gasteiger partial charge in [-0.15, -0.1) is 0 Å². The largest absolute Gasteiger partial charge is 0.481 e. The molecule has 0 heterocycles. The normalized spacial score (nSPS) is 13.8. The average molecular weight is 391 g/mol. The van der Waals surface area contributed by atoms with Gasteiger partial charge in [-0.1, -0.05) is 30.3 Å². The van der Waals surface area contributed by atoms with Gasteiger partial charge in [0.25, 0.3) is 5.91 Å². The Hall–Kier alpha value is -2.38. The van der Waals surface area contributed by atoms with Crippen LogP contribution in [0, 0.1) is 0 Å². The van der Waals surface area contributed by atoms with E-state index in [9.17, 15) is 13.2 Å². The zero-order chi connectivity index (χ0) is 20.0. The summed E-state index contributed by atoms with van der Waals surface area (Å²) in [4.78, 5) is 12.0. The van der Waals surface area contributed by atoms with Crippen molar-refractivity contribution >= 4 is 15.9 Å². The van der Waals surface area contributed by atoms with Crippen molar-refractivity contribution in [3.63, 3.8) is 0 Å². The molecule has 0 unspecified atom stereocenters. The van der Waals surface area contributed by atoms with Crippen molar-refractivity contribution in [2.24, 2.45) is 0 Å². The summed E-state index contributed by atoms with van der Waals surface area (Å²) in [5.74, 6) is 0.205. The molecule has 2 aromatic carbocycles. The summed E-state index contributed by atoms with van der Waals surface area (Å²) < 4.78 is 33.3. The Kier molecular flexibility index (Phi) is 6.98. The van der Waals surface area contributed by atoms with E-state index in [4.69, 9.17) is 4.74 Å². The fourth-order valence-corrected chi connectivity index (χ4v) is 3.70. The van der Waals surface area contributed by atoms with Crippen LogP contribution >= 0.6 is 0 Å². The number of carbonyl (C=O) groups excluding carboxylic acids is 1. The fourth-order valence-electron chi connectivity index (χ4n) is 2.47. The highest BCUT2D eigenvalue weighted by atomic mass is 32.2. The summed E-state index contributed by atoms with van der Waals surface area (Å²) in [6.07, 6.45) is -0.675. The minimum Gasteiger partial charge on any atom is -0.481 e. The molecule has 1 amide bonds. The summed E-state index contributed by atoms with van der Waals surface area (Å²) >= 11 is 0. The van der Waals surface area contributed by atoms with Gasteiger partial charge in [-0.3, -0.25) is 4.79 Å². The quantitative estimate of drug-likeness (QED) is 0.726. The molecule has 2 aromatic rings. The predicted molar refractivity (Wildman–Crippen MR) is 105 cm³/mol. The van der Waals surface area contributed by atoms with Gasteiger partial charge in [0, 0.05) is 12.1 Å². The van der Waals surface area contributed by atoms with Gasteiger partial charge >= 0.3 is 0 Å². The van der Waals surface area contributed by atoms with Gasteiger partial charge in [-0.25, -0.2) is 13.1 Å². The zero-order valence-corrected chi connectivity index (χ0v) is 16.8. The van der Waals surface area contributed by atoms with Crippen LogP contribution in [0.2, 0.25) is 0 Å². The SMILES string of the molecule is CC(C)NC(=O)[C@@H](C)Oc1ccc(S(=O)(=O)N[C@H](C)c2ccccc2)cc1. The zero-order valence-electron chi connectivity index (χ0n) is 16.0. The van der Waals surface area contributed by atoms with Gasteiger partial charge in [0.15, 0.2) is 6.10 Å². The molecule has 0 aliphatic heterocycles. The van der Waals surface area contributed by atoms with Crippen LogP contribution in [0.3, 0.4) is 0 Å². The molecule has 0 aliphatic rings. The van der Waals surface area contributed by atoms with Gasteiger partial charge < -0.3 is 10.1 Å². The van der Waals surface area contributed by atoms with Gasteiger partial charge in [-0.05, 0) is 57.5 Å². The van der Waals surface area contributed by atoms with Crippen molar-refractivity contribution in [2.75, 3.05) is 0 Å². The summed E-state index contributed by atoms with van der Waals surface area (Å²) in [6.45, 7) is 7.17. The smallest absolute Gasteiger partial charge is 0.260 e. The molecule has 0 spiro atoms. The maximum Gasteiger partial charge on any atom is 0.260 e. The van der Waals surface area contributed by atoms with Crippen molar-refractivity contribution in [1.82, 2.24) is 10.0 Å². The van der Waals surface area contributed by atoms with Crippen LogP contribution in [-0.4, -0.2) is 26.5 Å². The Labute approximate surface area is 161 Å². The van der Waals surface area contributed by atoms with E-state index in [0.717, 1.165) is 5.56 Å². The monoisotopic (exact) mass is 390 g/mol. The standard InChI is InChI=1S/C20H26N2O4S/c1-14(2)21-20(23)16(4)26-18-10-12-19(13-11-18)27(24,25)22-15(3)17-8-6-5-7-9-17/h5-16,22H,1-4H3,(H,21,23)/t15-,16-/m1/s1. The fraction of sp³-hybridized carbons (Fsp3) is 0.350. The Morgan fingerprint density at radius 2 is 1.52 bits per heavy atom. The van der Waals surface area contributed by atoms with Crippen LogP contribution in [0.1, 0.15) is 39.3 Å². The number of ether oxygens (including phenoxy) is 1. The predicted octanol–water partition coefficient (Wildman–Crippen LogP) is 3.02. The number of benzene rings is 2. The summed E-state index contributed by atoms with van der Waals surface area (Å²) in [5.41, 5.74) is 0.881. The van der Waals surface area contributed by atoms with Crippen LogP contribution in [0.5, 0.6) is 5.75 Å². The number of amides is 1. The van der Waals surface area contributed by atoms with Gasteiger partial charge in [-0.2, -0.15) is 0 Å². The van der Waals surface area contributed by atoms with E-state index in [-0.39, 0.29) is 22.9 Å². The van der Waals surface area contributed by atoms with Gasteiger partial charge in [0.2, 0.25) is 10.0 Å². The number of rotatable bonds is 8. The third-order valence-electron chi connectivity index (χ3n) is 3.88. The molecule has 0 saturated heterocycles. The van der Waals surface area contributed by atoms with E-state index in [1.165, 1.54) is 12.1 Å². The summed E-state index contributed by atoms with van der Waals surface area (Å²) in [7, 11) is -3.67. The first-order valence-corrected chi connectivity index (χ1v) is 10.3. The van der Waals surface area contributed by atoms with Crippen molar-refractivity contribution in [3.05, 3.63) is 60.2 Å². The van der Waals surface area contributed by atoms with Gasteiger partial charge in [0.1, 0.15) is 5.75 Å². The first-order valence-electron chi connectivity index (χ1n) is 8.83. The number of nitrogens with one attached hydrogen (secondary N) is 2. The highest BCUT2D eigenvalue weighted by Crippen LogP contribution is 2.20. The lowest BCUT2D eigenvalue weighted by Crippen LogP contribution is -2.40. The topological polar surface area (TPSA) is 84.5 Å². The molecular weight excluding hydrogens is 364 g/mol. The first kappa shape index (κ1) is 20.9. The lowest BCUT2D eigenvalue weighted by molar-refractivity contribution is -0.127. The molecule has 0 aromatic heterocycles. The Morgan fingerprint density at radius 3 is 2.07 bits per heavy atom. The van der Waals surface area contributed by atoms with E-state index < -0.39 is 16.1 Å². The number of carbonyl (C=O) groups is 1. The average Bonchev–Trinajstić information content (AvgIpc) is 2.62. The Balaban J connectivity index is 2.04. The number of hydrogen-bond donors (Lipinski definition) is 2. The molecular formula is C20H26N2O4S. The third-order valence-corrected chi connectivity index (χ3v) is 5.44. The lowest BCUT2D eigenvalue weighted by atomic mass is 10.1. The van der Waals surface area contributed by atoms with Crippen LogP contribution in [-0.2, 0) is 14.8 Å². The van der Waals surface area contributed by atoms with E-state index in [1.54, 1.807) is 26.0 Å². The van der Waals surface area contributed by atoms with Crippen LogP contribution in [0.15, 0.2) is 59.5 Å². The van der Waals surface area contributed by atoms with Crippen molar-refractivity contribution in [1.29, 1.82) is 0 Å². The van der Waals surface area contributed by atoms with Crippen LogP contribution in [0.25, 0.3) is 0 Å². The lowest BCUT2D eigenvalue weighted by Gasteiger charge is -2.17. The second kappa shape index (κ2) is 9.01. The molecule has 27 heavy (non-hydrogen) atoms. The maximum atomic E-state index is 12.6. The summed E-state index contributed by atoms with van der Waals surface area (Å²) in [6, 6.07) is 15.0. The maximum absolute atomic E-state index is 12.6. The molecule has 146 valence electrons.